The molecule has 2 aromatic rings. The highest BCUT2D eigenvalue weighted by Gasteiger charge is 2.32. The van der Waals surface area contributed by atoms with Gasteiger partial charge in [0.2, 0.25) is 0 Å². The van der Waals surface area contributed by atoms with Gasteiger partial charge in [0.25, 0.3) is 5.91 Å². The fourth-order valence-electron chi connectivity index (χ4n) is 3.33. The van der Waals surface area contributed by atoms with Crippen LogP contribution in [0.5, 0.6) is 0 Å². The van der Waals surface area contributed by atoms with E-state index in [0.717, 1.165) is 38.2 Å². The van der Waals surface area contributed by atoms with Crippen LogP contribution >= 0.6 is 0 Å². The minimum Gasteiger partial charge on any atom is -0.360 e. The minimum atomic E-state index is -0.131. The van der Waals surface area contributed by atoms with Crippen LogP contribution in [0.3, 0.4) is 0 Å². The minimum absolute atomic E-state index is 0.131. The third-order valence-electron chi connectivity index (χ3n) is 4.90. The second-order valence-corrected chi connectivity index (χ2v) is 7.00. The van der Waals surface area contributed by atoms with Gasteiger partial charge in [-0.2, -0.15) is 0 Å². The van der Waals surface area contributed by atoms with Crippen LogP contribution < -0.4 is 5.32 Å². The first kappa shape index (κ1) is 15.3. The summed E-state index contributed by atoms with van der Waals surface area (Å²) in [7, 11) is 0. The third kappa shape index (κ3) is 3.33. The van der Waals surface area contributed by atoms with Crippen molar-refractivity contribution in [3.8, 4) is 0 Å². The molecule has 0 bridgehead atoms. The second kappa shape index (κ2) is 6.36. The van der Waals surface area contributed by atoms with Crippen LogP contribution in [0.1, 0.15) is 47.5 Å². The fourth-order valence-corrected chi connectivity index (χ4v) is 3.33. The van der Waals surface area contributed by atoms with Crippen molar-refractivity contribution in [2.45, 2.75) is 38.3 Å². The van der Waals surface area contributed by atoms with E-state index in [9.17, 15) is 4.79 Å². The Morgan fingerprint density at radius 2 is 2.12 bits per heavy atom. The molecule has 3 heterocycles. The number of nitrogens with one attached hydrogen (secondary N) is 1. The molecule has 1 amide bonds. The Morgan fingerprint density at radius 3 is 2.88 bits per heavy atom. The van der Waals surface area contributed by atoms with E-state index in [0.29, 0.717) is 17.5 Å². The molecule has 2 fully saturated rings. The fraction of sp³-hybridized carbons (Fsp3) is 0.500. The molecule has 0 radical (unpaired) electrons. The monoisotopic (exact) mass is 326 g/mol. The predicted octanol–water partition coefficient (Wildman–Crippen LogP) is 2.20. The van der Waals surface area contributed by atoms with Gasteiger partial charge in [-0.15, -0.1) is 0 Å². The summed E-state index contributed by atoms with van der Waals surface area (Å²) in [6, 6.07) is 6.00. The van der Waals surface area contributed by atoms with Crippen molar-refractivity contribution in [3.05, 3.63) is 47.6 Å². The number of amides is 1. The lowest BCUT2D eigenvalue weighted by atomic mass is 10.1. The summed E-state index contributed by atoms with van der Waals surface area (Å²) in [4.78, 5) is 18.8. The van der Waals surface area contributed by atoms with Crippen molar-refractivity contribution in [1.29, 1.82) is 0 Å². The number of likely N-dealkylation sites (tertiary alicyclic amines) is 1. The van der Waals surface area contributed by atoms with Gasteiger partial charge in [0.05, 0.1) is 0 Å². The van der Waals surface area contributed by atoms with Crippen LogP contribution in [-0.2, 0) is 6.54 Å². The largest absolute Gasteiger partial charge is 0.360 e. The maximum Gasteiger partial charge on any atom is 0.273 e. The highest BCUT2D eigenvalue weighted by Crippen LogP contribution is 2.40. The summed E-state index contributed by atoms with van der Waals surface area (Å²) in [6.45, 7) is 4.88. The summed E-state index contributed by atoms with van der Waals surface area (Å²) in [5.41, 5.74) is 1.64. The zero-order chi connectivity index (χ0) is 16.5. The van der Waals surface area contributed by atoms with E-state index in [2.05, 4.69) is 27.3 Å². The average molecular weight is 326 g/mol. The molecule has 1 saturated carbocycles. The Morgan fingerprint density at radius 1 is 1.33 bits per heavy atom. The summed E-state index contributed by atoms with van der Waals surface area (Å²) in [5, 5.41) is 7.04. The molecular weight excluding hydrogens is 304 g/mol. The maximum absolute atomic E-state index is 12.4. The van der Waals surface area contributed by atoms with Crippen LogP contribution in [0.25, 0.3) is 0 Å². The van der Waals surface area contributed by atoms with Gasteiger partial charge in [0.15, 0.2) is 5.69 Å². The Labute approximate surface area is 141 Å². The molecule has 2 atom stereocenters. The zero-order valence-electron chi connectivity index (χ0n) is 13.8. The topological polar surface area (TPSA) is 71.3 Å². The average Bonchev–Trinajstić information content (AvgIpc) is 3.21. The van der Waals surface area contributed by atoms with Crippen molar-refractivity contribution in [3.63, 3.8) is 0 Å². The molecular formula is C18H22N4O2. The molecule has 24 heavy (non-hydrogen) atoms. The van der Waals surface area contributed by atoms with E-state index in [1.165, 1.54) is 5.56 Å². The SMILES string of the molecule is C[C@H]1CN(Cc2ccncc2)C[C@H]1NC(=O)c1cc(C2CC2)on1. The van der Waals surface area contributed by atoms with E-state index < -0.39 is 0 Å². The maximum atomic E-state index is 12.4. The Kier molecular flexibility index (Phi) is 4.06. The second-order valence-electron chi connectivity index (χ2n) is 7.00. The molecule has 126 valence electrons. The van der Waals surface area contributed by atoms with E-state index in [-0.39, 0.29) is 11.9 Å². The van der Waals surface area contributed by atoms with E-state index >= 15 is 0 Å². The van der Waals surface area contributed by atoms with Crippen LogP contribution in [0.2, 0.25) is 0 Å². The Hall–Kier alpha value is -2.21. The van der Waals surface area contributed by atoms with Crippen molar-refractivity contribution in [1.82, 2.24) is 20.4 Å². The van der Waals surface area contributed by atoms with Gasteiger partial charge in [-0.3, -0.25) is 14.7 Å². The lowest BCUT2D eigenvalue weighted by Gasteiger charge is -2.16. The Bertz CT molecular complexity index is 711. The first-order valence-corrected chi connectivity index (χ1v) is 8.58. The molecule has 6 heteroatoms. The number of nitrogens with zero attached hydrogens (tertiary/aromatic N) is 3. The molecule has 1 saturated heterocycles. The zero-order valence-corrected chi connectivity index (χ0v) is 13.8. The van der Waals surface area contributed by atoms with Gasteiger partial charge in [0.1, 0.15) is 5.76 Å². The van der Waals surface area contributed by atoms with Gasteiger partial charge in [-0.25, -0.2) is 0 Å². The normalized spacial score (nSPS) is 24.2. The molecule has 0 spiro atoms. The van der Waals surface area contributed by atoms with Crippen molar-refractivity contribution in [2.24, 2.45) is 5.92 Å². The molecule has 0 aromatic carbocycles. The lowest BCUT2D eigenvalue weighted by Crippen LogP contribution is -2.39. The molecule has 1 N–H and O–H groups in total. The smallest absolute Gasteiger partial charge is 0.273 e. The summed E-state index contributed by atoms with van der Waals surface area (Å²) in [6.07, 6.45) is 5.91. The lowest BCUT2D eigenvalue weighted by molar-refractivity contribution is 0.0922. The van der Waals surface area contributed by atoms with E-state index in [1.54, 1.807) is 6.07 Å². The van der Waals surface area contributed by atoms with E-state index in [1.807, 2.05) is 24.5 Å². The predicted molar refractivity (Wildman–Crippen MR) is 88.4 cm³/mol. The van der Waals surface area contributed by atoms with Crippen LogP contribution in [0.15, 0.2) is 35.1 Å². The third-order valence-corrected chi connectivity index (χ3v) is 4.90. The van der Waals surface area contributed by atoms with Gasteiger partial charge < -0.3 is 9.84 Å². The first-order valence-electron chi connectivity index (χ1n) is 8.58. The number of aromatic nitrogens is 2. The Balaban J connectivity index is 1.34. The highest BCUT2D eigenvalue weighted by atomic mass is 16.5. The molecule has 1 aliphatic heterocycles. The highest BCUT2D eigenvalue weighted by molar-refractivity contribution is 5.92. The van der Waals surface area contributed by atoms with Crippen molar-refractivity contribution < 1.29 is 9.32 Å². The summed E-state index contributed by atoms with van der Waals surface area (Å²) in [5.74, 6) is 1.60. The number of hydrogen-bond donors (Lipinski definition) is 1. The molecule has 4 rings (SSSR count). The van der Waals surface area contributed by atoms with E-state index in [4.69, 9.17) is 4.52 Å². The van der Waals surface area contributed by atoms with Gasteiger partial charge in [-0.1, -0.05) is 12.1 Å². The van der Waals surface area contributed by atoms with Gasteiger partial charge >= 0.3 is 0 Å². The van der Waals surface area contributed by atoms with Gasteiger partial charge in [0, 0.05) is 50.1 Å². The number of carbonyl (C=O) groups is 1. The first-order chi connectivity index (χ1) is 11.7. The number of hydrogen-bond acceptors (Lipinski definition) is 5. The molecule has 0 unspecified atom stereocenters. The summed E-state index contributed by atoms with van der Waals surface area (Å²) >= 11 is 0. The quantitative estimate of drug-likeness (QED) is 0.912. The molecule has 2 aromatic heterocycles. The van der Waals surface area contributed by atoms with Gasteiger partial charge in [-0.05, 0) is 36.5 Å². The van der Waals surface area contributed by atoms with Crippen LogP contribution in [0, 0.1) is 5.92 Å². The number of rotatable bonds is 5. The molecule has 2 aliphatic rings. The number of carbonyl (C=O) groups excluding carboxylic acids is 1. The summed E-state index contributed by atoms with van der Waals surface area (Å²) < 4.78 is 5.27. The standard InChI is InChI=1S/C18H22N4O2/c1-12-9-22(10-13-4-6-19-7-5-13)11-16(12)20-18(23)15-8-17(24-21-15)14-2-3-14/h4-8,12,14,16H,2-3,9-11H2,1H3,(H,20,23)/t12-,16+/m0/s1. The number of pyridine rings is 1. The molecule has 1 aliphatic carbocycles. The molecule has 6 nitrogen and oxygen atoms in total. The van der Waals surface area contributed by atoms with Crippen molar-refractivity contribution >= 4 is 5.91 Å². The van der Waals surface area contributed by atoms with Crippen LogP contribution in [0.4, 0.5) is 0 Å². The van der Waals surface area contributed by atoms with Crippen LogP contribution in [-0.4, -0.2) is 40.1 Å². The van der Waals surface area contributed by atoms with Crippen molar-refractivity contribution in [2.75, 3.05) is 13.1 Å².